The summed E-state index contributed by atoms with van der Waals surface area (Å²) in [5.41, 5.74) is 0. The lowest BCUT2D eigenvalue weighted by Gasteiger charge is -2.24. The highest BCUT2D eigenvalue weighted by molar-refractivity contribution is 5.77. The monoisotopic (exact) mass is 778 g/mol. The van der Waals surface area contributed by atoms with Crippen molar-refractivity contribution in [2.24, 2.45) is 0 Å². The van der Waals surface area contributed by atoms with E-state index in [-0.39, 0.29) is 24.9 Å². The number of ether oxygens (including phenoxy) is 1. The van der Waals surface area contributed by atoms with Crippen molar-refractivity contribution in [2.75, 3.05) is 6.61 Å². The molecule has 0 rings (SSSR count). The minimum atomic E-state index is -0.786. The third-order valence-electron chi connectivity index (χ3n) is 11.3. The fourth-order valence-electron chi connectivity index (χ4n) is 7.61. The molecule has 0 heterocycles. The van der Waals surface area contributed by atoms with Crippen LogP contribution < -0.4 is 5.32 Å². The van der Waals surface area contributed by atoms with Gasteiger partial charge in [-0.25, -0.2) is 0 Å². The number of hydrogen-bond donors (Lipinski definition) is 3. The summed E-state index contributed by atoms with van der Waals surface area (Å²) in [6.07, 6.45) is 47.1. The number of nitrogens with one attached hydrogen (secondary N) is 1. The lowest BCUT2D eigenvalue weighted by molar-refractivity contribution is -0.151. The largest absolute Gasteiger partial charge is 0.462 e. The Labute approximate surface area is 342 Å². The van der Waals surface area contributed by atoms with Gasteiger partial charge >= 0.3 is 5.97 Å². The van der Waals surface area contributed by atoms with Crippen molar-refractivity contribution in [3.05, 3.63) is 12.2 Å². The lowest BCUT2D eigenvalue weighted by Crippen LogP contribution is -2.46. The molecule has 0 spiro atoms. The van der Waals surface area contributed by atoms with Crippen LogP contribution in [0.15, 0.2) is 12.2 Å². The van der Waals surface area contributed by atoms with Crippen LogP contribution in [0.25, 0.3) is 0 Å². The highest BCUT2D eigenvalue weighted by Gasteiger charge is 2.24. The van der Waals surface area contributed by atoms with Crippen LogP contribution in [0.1, 0.15) is 265 Å². The van der Waals surface area contributed by atoms with Crippen molar-refractivity contribution < 1.29 is 24.5 Å². The van der Waals surface area contributed by atoms with E-state index in [2.05, 4.69) is 38.2 Å². The molecule has 6 nitrogen and oxygen atoms in total. The Morgan fingerprint density at radius 3 is 1.33 bits per heavy atom. The summed E-state index contributed by atoms with van der Waals surface area (Å²) in [4.78, 5) is 26.0. The van der Waals surface area contributed by atoms with Gasteiger partial charge in [0.2, 0.25) is 5.91 Å². The number of aliphatic hydroxyl groups excluding tert-OH is 2. The molecule has 55 heavy (non-hydrogen) atoms. The van der Waals surface area contributed by atoms with Crippen molar-refractivity contribution in [1.29, 1.82) is 0 Å². The molecule has 0 aliphatic heterocycles. The fourth-order valence-corrected chi connectivity index (χ4v) is 7.61. The third-order valence-corrected chi connectivity index (χ3v) is 11.3. The fraction of sp³-hybridized carbons (Fsp3) is 0.918. The Hall–Kier alpha value is -1.40. The van der Waals surface area contributed by atoms with Gasteiger partial charge in [-0.1, -0.05) is 219 Å². The molecule has 0 aromatic rings. The quantitative estimate of drug-likeness (QED) is 0.0325. The van der Waals surface area contributed by atoms with Gasteiger partial charge in [-0.15, -0.1) is 0 Å². The minimum absolute atomic E-state index is 0.0629. The second-order valence-corrected chi connectivity index (χ2v) is 16.9. The van der Waals surface area contributed by atoms with Gasteiger partial charge in [0.25, 0.3) is 0 Å². The zero-order valence-corrected chi connectivity index (χ0v) is 37.1. The van der Waals surface area contributed by atoms with Crippen molar-refractivity contribution in [1.82, 2.24) is 5.32 Å². The number of allylic oxidation sites excluding steroid dienone is 2. The average molecular weight is 778 g/mol. The van der Waals surface area contributed by atoms with Crippen molar-refractivity contribution >= 4 is 11.9 Å². The first kappa shape index (κ1) is 53.6. The Kier molecular flexibility index (Phi) is 42.6. The molecule has 3 unspecified atom stereocenters. The Morgan fingerprint density at radius 1 is 0.509 bits per heavy atom. The van der Waals surface area contributed by atoms with Crippen LogP contribution in [0, 0.1) is 0 Å². The third kappa shape index (κ3) is 39.2. The van der Waals surface area contributed by atoms with E-state index in [1.165, 1.54) is 161 Å². The molecule has 6 heteroatoms. The van der Waals surface area contributed by atoms with Crippen molar-refractivity contribution in [3.8, 4) is 0 Å². The number of hydrogen-bond acceptors (Lipinski definition) is 5. The summed E-state index contributed by atoms with van der Waals surface area (Å²) in [6, 6.07) is -0.701. The molecular weight excluding hydrogens is 683 g/mol. The molecule has 0 saturated carbocycles. The topological polar surface area (TPSA) is 95.9 Å². The molecular formula is C49H95NO5. The number of esters is 1. The maximum atomic E-state index is 13.1. The predicted octanol–water partition coefficient (Wildman–Crippen LogP) is 14.2. The van der Waals surface area contributed by atoms with Crippen molar-refractivity contribution in [3.63, 3.8) is 0 Å². The summed E-state index contributed by atoms with van der Waals surface area (Å²) in [5.74, 6) is -0.491. The molecule has 326 valence electrons. The molecule has 3 atom stereocenters. The Balaban J connectivity index is 4.51. The van der Waals surface area contributed by atoms with E-state index in [1.54, 1.807) is 0 Å². The summed E-state index contributed by atoms with van der Waals surface area (Å²) in [5, 5.41) is 23.6. The summed E-state index contributed by atoms with van der Waals surface area (Å²) in [7, 11) is 0. The molecule has 0 radical (unpaired) electrons. The Morgan fingerprint density at radius 2 is 0.891 bits per heavy atom. The van der Waals surface area contributed by atoms with Gasteiger partial charge in [-0.3, -0.25) is 9.59 Å². The zero-order chi connectivity index (χ0) is 40.3. The van der Waals surface area contributed by atoms with Crippen molar-refractivity contribution in [2.45, 2.75) is 283 Å². The van der Waals surface area contributed by atoms with E-state index in [4.69, 9.17) is 4.74 Å². The number of aliphatic hydroxyl groups is 2. The number of amides is 1. The maximum Gasteiger partial charge on any atom is 0.306 e. The van der Waals surface area contributed by atoms with Crippen LogP contribution in [0.5, 0.6) is 0 Å². The number of rotatable bonds is 44. The zero-order valence-electron chi connectivity index (χ0n) is 37.1. The van der Waals surface area contributed by atoms with Crippen LogP contribution in [-0.4, -0.2) is 46.9 Å². The lowest BCUT2D eigenvalue weighted by atomic mass is 10.0. The summed E-state index contributed by atoms with van der Waals surface area (Å²) in [6.45, 7) is 6.46. The second-order valence-electron chi connectivity index (χ2n) is 16.9. The molecule has 3 N–H and O–H groups in total. The predicted molar refractivity (Wildman–Crippen MR) is 237 cm³/mol. The smallest absolute Gasteiger partial charge is 0.306 e. The van der Waals surface area contributed by atoms with Gasteiger partial charge in [-0.05, 0) is 44.9 Å². The van der Waals surface area contributed by atoms with Crippen LogP contribution in [0.2, 0.25) is 0 Å². The number of unbranched alkanes of at least 4 members (excludes halogenated alkanes) is 30. The van der Waals surface area contributed by atoms with Gasteiger partial charge < -0.3 is 20.3 Å². The first-order valence-corrected chi connectivity index (χ1v) is 24.4. The molecule has 0 saturated heterocycles. The first-order chi connectivity index (χ1) is 27.0. The van der Waals surface area contributed by atoms with Gasteiger partial charge in [0.05, 0.1) is 25.2 Å². The normalized spacial score (nSPS) is 13.3. The van der Waals surface area contributed by atoms with E-state index < -0.39 is 18.2 Å². The maximum absolute atomic E-state index is 13.1. The van der Waals surface area contributed by atoms with Crippen LogP contribution >= 0.6 is 0 Å². The summed E-state index contributed by atoms with van der Waals surface area (Å²) >= 11 is 0. The number of carbonyl (C=O) groups excluding carboxylic acids is 2. The van der Waals surface area contributed by atoms with Crippen LogP contribution in [0.3, 0.4) is 0 Å². The number of carbonyl (C=O) groups is 2. The molecule has 1 amide bonds. The SMILES string of the molecule is CCCCCCCC/C=C\CCCC(CC(=O)NC(CO)C(O)CCCCCCCCCCC)OC(=O)CCCCCCCCCCCCCCCCCC. The van der Waals surface area contributed by atoms with E-state index in [9.17, 15) is 19.8 Å². The summed E-state index contributed by atoms with van der Waals surface area (Å²) < 4.78 is 5.90. The van der Waals surface area contributed by atoms with E-state index in [1.807, 2.05) is 0 Å². The highest BCUT2D eigenvalue weighted by atomic mass is 16.5. The van der Waals surface area contributed by atoms with Gasteiger partial charge in [0.1, 0.15) is 6.10 Å². The highest BCUT2D eigenvalue weighted by Crippen LogP contribution is 2.17. The second kappa shape index (κ2) is 43.7. The molecule has 0 fully saturated rings. The minimum Gasteiger partial charge on any atom is -0.462 e. The molecule has 0 aromatic carbocycles. The standard InChI is InChI=1S/C49H95NO5/c1-4-7-10-13-16-19-21-22-23-24-25-27-30-33-36-39-42-49(54)55-45(40-37-34-31-29-26-20-17-14-11-8-5-2)43-48(53)50-46(44-51)47(52)41-38-35-32-28-18-15-12-9-6-3/h29,31,45-47,51-52H,4-28,30,32-44H2,1-3H3,(H,50,53)/b31-29-. The molecule has 0 aliphatic carbocycles. The first-order valence-electron chi connectivity index (χ1n) is 24.4. The molecule has 0 aliphatic rings. The van der Waals surface area contributed by atoms with Gasteiger partial charge in [0, 0.05) is 6.42 Å². The van der Waals surface area contributed by atoms with Gasteiger partial charge in [0.15, 0.2) is 0 Å². The van der Waals surface area contributed by atoms with Gasteiger partial charge in [-0.2, -0.15) is 0 Å². The van der Waals surface area contributed by atoms with E-state index in [0.29, 0.717) is 19.3 Å². The van der Waals surface area contributed by atoms with E-state index in [0.717, 1.165) is 57.8 Å². The Bertz CT molecular complexity index is 832. The molecule has 0 aromatic heterocycles. The molecule has 0 bridgehead atoms. The average Bonchev–Trinajstić information content (AvgIpc) is 3.18. The van der Waals surface area contributed by atoms with Crippen LogP contribution in [-0.2, 0) is 14.3 Å². The van der Waals surface area contributed by atoms with E-state index >= 15 is 0 Å². The van der Waals surface area contributed by atoms with Crippen LogP contribution in [0.4, 0.5) is 0 Å².